The van der Waals surface area contributed by atoms with Gasteiger partial charge in [0.1, 0.15) is 0 Å². The minimum atomic E-state index is -0.472. The lowest BCUT2D eigenvalue weighted by atomic mass is 9.91. The van der Waals surface area contributed by atoms with Crippen molar-refractivity contribution in [2.45, 2.75) is 18.8 Å². The van der Waals surface area contributed by atoms with E-state index >= 15 is 0 Å². The van der Waals surface area contributed by atoms with Crippen LogP contribution in [0.4, 0.5) is 11.8 Å². The second kappa shape index (κ2) is 7.03. The summed E-state index contributed by atoms with van der Waals surface area (Å²) in [6, 6.07) is 7.05. The lowest BCUT2D eigenvalue weighted by molar-refractivity contribution is 0.100. The van der Waals surface area contributed by atoms with Crippen molar-refractivity contribution in [3.05, 3.63) is 47.3 Å². The molecule has 130 valence electrons. The van der Waals surface area contributed by atoms with Crippen LogP contribution in [-0.2, 0) is 6.42 Å². The zero-order chi connectivity index (χ0) is 18.7. The molecule has 8 heteroatoms. The van der Waals surface area contributed by atoms with Crippen LogP contribution in [-0.4, -0.2) is 25.8 Å². The summed E-state index contributed by atoms with van der Waals surface area (Å²) in [5, 5.41) is 0. The number of anilines is 2. The summed E-state index contributed by atoms with van der Waals surface area (Å²) in [5.41, 5.74) is 19.6. The van der Waals surface area contributed by atoms with Crippen LogP contribution in [0.15, 0.2) is 30.5 Å². The van der Waals surface area contributed by atoms with Gasteiger partial charge in [-0.15, -0.1) is 12.3 Å². The first kappa shape index (κ1) is 17.1. The van der Waals surface area contributed by atoms with Gasteiger partial charge in [-0.1, -0.05) is 12.1 Å². The Kier molecular flexibility index (Phi) is 4.62. The first-order valence-corrected chi connectivity index (χ1v) is 7.85. The van der Waals surface area contributed by atoms with E-state index in [2.05, 4.69) is 25.9 Å². The average Bonchev–Trinajstić information content (AvgIpc) is 2.62. The number of nitrogen functional groups attached to an aromatic ring is 2. The summed E-state index contributed by atoms with van der Waals surface area (Å²) in [6.45, 7) is 0. The summed E-state index contributed by atoms with van der Waals surface area (Å²) >= 11 is 0. The Labute approximate surface area is 149 Å². The Morgan fingerprint density at radius 2 is 1.88 bits per heavy atom. The second-order valence-corrected chi connectivity index (χ2v) is 5.80. The van der Waals surface area contributed by atoms with Gasteiger partial charge < -0.3 is 17.2 Å². The third kappa shape index (κ3) is 3.52. The summed E-state index contributed by atoms with van der Waals surface area (Å²) in [6.07, 6.45) is 8.19. The average molecular weight is 347 g/mol. The van der Waals surface area contributed by atoms with E-state index in [1.165, 1.54) is 0 Å². The van der Waals surface area contributed by atoms with Crippen LogP contribution in [0.2, 0.25) is 0 Å². The van der Waals surface area contributed by atoms with Crippen molar-refractivity contribution >= 4 is 28.8 Å². The van der Waals surface area contributed by atoms with E-state index < -0.39 is 5.91 Å². The number of rotatable bonds is 5. The van der Waals surface area contributed by atoms with Crippen LogP contribution in [0.25, 0.3) is 11.2 Å². The van der Waals surface area contributed by atoms with Crippen molar-refractivity contribution in [1.82, 2.24) is 19.9 Å². The molecule has 1 atom stereocenters. The molecule has 0 saturated carbocycles. The zero-order valence-corrected chi connectivity index (χ0v) is 13.9. The maximum atomic E-state index is 11.2. The topological polar surface area (TPSA) is 147 Å². The van der Waals surface area contributed by atoms with Crippen LogP contribution < -0.4 is 17.2 Å². The van der Waals surface area contributed by atoms with Gasteiger partial charge in [0.05, 0.1) is 11.9 Å². The molecular formula is C18H17N7O. The molecule has 0 aliphatic rings. The third-order valence-corrected chi connectivity index (χ3v) is 3.99. The predicted octanol–water partition coefficient (Wildman–Crippen LogP) is 1.03. The molecule has 0 saturated heterocycles. The third-order valence-electron chi connectivity index (χ3n) is 3.99. The zero-order valence-electron chi connectivity index (χ0n) is 13.9. The van der Waals surface area contributed by atoms with Crippen molar-refractivity contribution < 1.29 is 4.79 Å². The molecule has 2 aromatic heterocycles. The number of carbonyl (C=O) groups excluding carboxylic acids is 1. The number of amides is 1. The van der Waals surface area contributed by atoms with Crippen molar-refractivity contribution in [3.63, 3.8) is 0 Å². The van der Waals surface area contributed by atoms with E-state index in [-0.39, 0.29) is 17.7 Å². The quantitative estimate of drug-likeness (QED) is 0.584. The van der Waals surface area contributed by atoms with E-state index in [9.17, 15) is 4.79 Å². The molecular weight excluding hydrogens is 330 g/mol. The number of nitrogens with two attached hydrogens (primary N) is 3. The molecule has 6 N–H and O–H groups in total. The number of hydrogen-bond acceptors (Lipinski definition) is 7. The Balaban J connectivity index is 1.91. The normalized spacial score (nSPS) is 11.8. The van der Waals surface area contributed by atoms with Crippen molar-refractivity contribution in [1.29, 1.82) is 0 Å². The monoisotopic (exact) mass is 347 g/mol. The summed E-state index contributed by atoms with van der Waals surface area (Å²) in [5.74, 6) is 2.44. The highest BCUT2D eigenvalue weighted by Crippen LogP contribution is 2.25. The van der Waals surface area contributed by atoms with E-state index in [0.717, 1.165) is 5.56 Å². The van der Waals surface area contributed by atoms with Gasteiger partial charge in [0, 0.05) is 17.9 Å². The fourth-order valence-corrected chi connectivity index (χ4v) is 2.70. The van der Waals surface area contributed by atoms with Gasteiger partial charge in [-0.25, -0.2) is 9.97 Å². The first-order chi connectivity index (χ1) is 12.5. The maximum absolute atomic E-state index is 11.2. The summed E-state index contributed by atoms with van der Waals surface area (Å²) in [4.78, 5) is 27.9. The number of carbonyl (C=O) groups is 1. The molecule has 0 spiro atoms. The number of fused-ring (bicyclic) bond motifs is 1. The standard InChI is InChI=1S/C18H17N7O/c1-2-3-12(10-4-6-11(7-5-10)16(20)26)8-13-9-22-17-14(23-13)15(19)24-18(21)25-17/h1,4-7,9,12H,3,8H2,(H2,20,26)(H4,19,21,22,24,25). The molecule has 0 radical (unpaired) electrons. The van der Waals surface area contributed by atoms with Gasteiger partial charge in [0.15, 0.2) is 17.0 Å². The van der Waals surface area contributed by atoms with Crippen LogP contribution in [0.5, 0.6) is 0 Å². The largest absolute Gasteiger partial charge is 0.382 e. The minimum Gasteiger partial charge on any atom is -0.382 e. The van der Waals surface area contributed by atoms with Crippen LogP contribution >= 0.6 is 0 Å². The van der Waals surface area contributed by atoms with Crippen LogP contribution in [0, 0.1) is 12.3 Å². The van der Waals surface area contributed by atoms with Gasteiger partial charge in [-0.3, -0.25) is 4.79 Å². The summed E-state index contributed by atoms with van der Waals surface area (Å²) in [7, 11) is 0. The fourth-order valence-electron chi connectivity index (χ4n) is 2.70. The molecule has 26 heavy (non-hydrogen) atoms. The molecule has 0 aliphatic carbocycles. The van der Waals surface area contributed by atoms with E-state index in [4.69, 9.17) is 23.6 Å². The van der Waals surface area contributed by atoms with Crippen molar-refractivity contribution in [2.75, 3.05) is 11.5 Å². The molecule has 2 heterocycles. The Hall–Kier alpha value is -3.73. The molecule has 0 bridgehead atoms. The Morgan fingerprint density at radius 1 is 1.15 bits per heavy atom. The molecule has 1 amide bonds. The highest BCUT2D eigenvalue weighted by molar-refractivity contribution is 5.92. The molecule has 0 fully saturated rings. The molecule has 3 rings (SSSR count). The molecule has 1 aromatic carbocycles. The minimum absolute atomic E-state index is 0.00426. The number of primary amides is 1. The number of benzene rings is 1. The highest BCUT2D eigenvalue weighted by Gasteiger charge is 2.15. The van der Waals surface area contributed by atoms with Crippen molar-refractivity contribution in [3.8, 4) is 12.3 Å². The van der Waals surface area contributed by atoms with Crippen LogP contribution in [0.3, 0.4) is 0 Å². The smallest absolute Gasteiger partial charge is 0.248 e. The van der Waals surface area contributed by atoms with Gasteiger partial charge >= 0.3 is 0 Å². The number of aromatic nitrogens is 4. The fraction of sp³-hybridized carbons (Fsp3) is 0.167. The second-order valence-electron chi connectivity index (χ2n) is 5.80. The lowest BCUT2D eigenvalue weighted by Gasteiger charge is -2.15. The highest BCUT2D eigenvalue weighted by atomic mass is 16.1. The molecule has 3 aromatic rings. The molecule has 1 unspecified atom stereocenters. The van der Waals surface area contributed by atoms with Gasteiger partial charge in [0.2, 0.25) is 11.9 Å². The van der Waals surface area contributed by atoms with E-state index in [1.807, 2.05) is 12.1 Å². The maximum Gasteiger partial charge on any atom is 0.248 e. The molecule has 0 aliphatic heterocycles. The van der Waals surface area contributed by atoms with Crippen LogP contribution in [0.1, 0.15) is 34.0 Å². The number of nitrogens with zero attached hydrogens (tertiary/aromatic N) is 4. The SMILES string of the molecule is C#CCC(Cc1cnc2nc(N)nc(N)c2n1)c1ccc(C(N)=O)cc1. The van der Waals surface area contributed by atoms with Crippen molar-refractivity contribution in [2.24, 2.45) is 5.73 Å². The van der Waals surface area contributed by atoms with Gasteiger partial charge in [-0.2, -0.15) is 9.97 Å². The predicted molar refractivity (Wildman–Crippen MR) is 98.8 cm³/mol. The van der Waals surface area contributed by atoms with E-state index in [1.54, 1.807) is 18.3 Å². The first-order valence-electron chi connectivity index (χ1n) is 7.85. The lowest BCUT2D eigenvalue weighted by Crippen LogP contribution is -2.11. The van der Waals surface area contributed by atoms with E-state index in [0.29, 0.717) is 35.3 Å². The summed E-state index contributed by atoms with van der Waals surface area (Å²) < 4.78 is 0. The number of terminal acetylenes is 1. The number of hydrogen-bond donors (Lipinski definition) is 3. The van der Waals surface area contributed by atoms with Gasteiger partial charge in [-0.05, 0) is 24.1 Å². The molecule has 8 nitrogen and oxygen atoms in total. The Morgan fingerprint density at radius 3 is 2.54 bits per heavy atom. The Bertz CT molecular complexity index is 1010. The van der Waals surface area contributed by atoms with Gasteiger partial charge in [0.25, 0.3) is 0 Å².